The predicted octanol–water partition coefficient (Wildman–Crippen LogP) is 3.14. The predicted molar refractivity (Wildman–Crippen MR) is 108 cm³/mol. The maximum Gasteiger partial charge on any atom is 0.190 e. The van der Waals surface area contributed by atoms with Gasteiger partial charge in [-0.05, 0) is 62.7 Å². The van der Waals surface area contributed by atoms with E-state index in [2.05, 4.69) is 39.4 Å². The van der Waals surface area contributed by atoms with E-state index < -0.39 is 0 Å². The van der Waals surface area contributed by atoms with Crippen LogP contribution in [-0.4, -0.2) is 55.6 Å². The summed E-state index contributed by atoms with van der Waals surface area (Å²) in [6, 6.07) is 4.84. The monoisotopic (exact) mass is 361 g/mol. The molecule has 0 spiro atoms. The van der Waals surface area contributed by atoms with Crippen LogP contribution in [0.15, 0.2) is 29.4 Å². The van der Waals surface area contributed by atoms with Gasteiger partial charge in [0.05, 0.1) is 0 Å². The molecule has 0 atom stereocenters. The standard InChI is InChI=1S/C20H32FN5/c1-4-26(5-2)13-7-6-11-23-20(22-3)24-12-10-16-15-25-19-9-8-17(21)14-18(16)19/h8-9,14-15,25H,4-7,10-13H2,1-3H3,(H2,22,23,24). The quantitative estimate of drug-likeness (QED) is 0.346. The van der Waals surface area contributed by atoms with Crippen molar-refractivity contribution < 1.29 is 4.39 Å². The van der Waals surface area contributed by atoms with E-state index in [9.17, 15) is 4.39 Å². The summed E-state index contributed by atoms with van der Waals surface area (Å²) in [6.45, 7) is 9.46. The minimum Gasteiger partial charge on any atom is -0.361 e. The number of unbranched alkanes of at least 4 members (excludes halogenated alkanes) is 1. The fraction of sp³-hybridized carbons (Fsp3) is 0.550. The van der Waals surface area contributed by atoms with Gasteiger partial charge >= 0.3 is 0 Å². The largest absolute Gasteiger partial charge is 0.361 e. The Morgan fingerprint density at radius 2 is 1.92 bits per heavy atom. The second kappa shape index (κ2) is 10.8. The highest BCUT2D eigenvalue weighted by Gasteiger charge is 2.05. The molecule has 0 amide bonds. The first-order valence-electron chi connectivity index (χ1n) is 9.60. The van der Waals surface area contributed by atoms with E-state index in [1.807, 2.05) is 6.20 Å². The summed E-state index contributed by atoms with van der Waals surface area (Å²) in [6.07, 6.45) is 5.08. The molecule has 0 saturated carbocycles. The molecule has 1 heterocycles. The van der Waals surface area contributed by atoms with Crippen molar-refractivity contribution in [3.63, 3.8) is 0 Å². The van der Waals surface area contributed by atoms with Crippen LogP contribution < -0.4 is 10.6 Å². The van der Waals surface area contributed by atoms with E-state index in [0.29, 0.717) is 0 Å². The van der Waals surface area contributed by atoms with Crippen molar-refractivity contribution in [3.8, 4) is 0 Å². The number of aliphatic imine (C=N–C) groups is 1. The van der Waals surface area contributed by atoms with Crippen molar-refractivity contribution >= 4 is 16.9 Å². The van der Waals surface area contributed by atoms with Crippen molar-refractivity contribution in [3.05, 3.63) is 35.8 Å². The van der Waals surface area contributed by atoms with Crippen molar-refractivity contribution in [1.29, 1.82) is 0 Å². The van der Waals surface area contributed by atoms with Crippen LogP contribution in [0.4, 0.5) is 4.39 Å². The van der Waals surface area contributed by atoms with Gasteiger partial charge < -0.3 is 20.5 Å². The average Bonchev–Trinajstić information content (AvgIpc) is 3.05. The molecule has 1 aromatic carbocycles. The summed E-state index contributed by atoms with van der Waals surface area (Å²) in [5.41, 5.74) is 2.08. The Labute approximate surface area is 156 Å². The van der Waals surface area contributed by atoms with Crippen LogP contribution in [0.3, 0.4) is 0 Å². The van der Waals surface area contributed by atoms with Crippen molar-refractivity contribution in [2.75, 3.05) is 39.8 Å². The van der Waals surface area contributed by atoms with Crippen LogP contribution in [-0.2, 0) is 6.42 Å². The van der Waals surface area contributed by atoms with Gasteiger partial charge in [0.1, 0.15) is 5.82 Å². The Morgan fingerprint density at radius 1 is 1.15 bits per heavy atom. The number of rotatable bonds is 10. The fourth-order valence-corrected chi connectivity index (χ4v) is 3.10. The highest BCUT2D eigenvalue weighted by atomic mass is 19.1. The fourth-order valence-electron chi connectivity index (χ4n) is 3.10. The Hall–Kier alpha value is -2.08. The number of H-pyrrole nitrogens is 1. The number of aromatic nitrogens is 1. The Balaban J connectivity index is 1.69. The highest BCUT2D eigenvalue weighted by Crippen LogP contribution is 2.19. The van der Waals surface area contributed by atoms with Gasteiger partial charge in [0.15, 0.2) is 5.96 Å². The topological polar surface area (TPSA) is 55.4 Å². The Morgan fingerprint density at radius 3 is 2.65 bits per heavy atom. The number of nitrogens with one attached hydrogen (secondary N) is 3. The normalized spacial score (nSPS) is 12.1. The molecule has 6 heteroatoms. The lowest BCUT2D eigenvalue weighted by molar-refractivity contribution is 0.297. The second-order valence-corrected chi connectivity index (χ2v) is 6.41. The Bertz CT molecular complexity index is 691. The summed E-state index contributed by atoms with van der Waals surface area (Å²) in [7, 11) is 1.78. The molecule has 0 aliphatic rings. The molecule has 2 aromatic rings. The van der Waals surface area contributed by atoms with Gasteiger partial charge in [-0.2, -0.15) is 0 Å². The smallest absolute Gasteiger partial charge is 0.190 e. The zero-order valence-corrected chi connectivity index (χ0v) is 16.2. The molecule has 26 heavy (non-hydrogen) atoms. The lowest BCUT2D eigenvalue weighted by atomic mass is 10.1. The average molecular weight is 362 g/mol. The third kappa shape index (κ3) is 6.02. The van der Waals surface area contributed by atoms with Crippen molar-refractivity contribution in [2.45, 2.75) is 33.1 Å². The third-order valence-electron chi connectivity index (χ3n) is 4.73. The van der Waals surface area contributed by atoms with Crippen LogP contribution in [0.1, 0.15) is 32.3 Å². The molecule has 1 aromatic heterocycles. The lowest BCUT2D eigenvalue weighted by Gasteiger charge is -2.18. The molecule has 144 valence electrons. The zero-order chi connectivity index (χ0) is 18.8. The van der Waals surface area contributed by atoms with Gasteiger partial charge in [-0.15, -0.1) is 0 Å². The molecule has 0 bridgehead atoms. The summed E-state index contributed by atoms with van der Waals surface area (Å²) in [5.74, 6) is 0.618. The number of halogens is 1. The minimum atomic E-state index is -0.200. The minimum absolute atomic E-state index is 0.200. The number of benzene rings is 1. The zero-order valence-electron chi connectivity index (χ0n) is 16.2. The van der Waals surface area contributed by atoms with E-state index in [1.165, 1.54) is 12.5 Å². The summed E-state index contributed by atoms with van der Waals surface area (Å²) < 4.78 is 13.4. The van der Waals surface area contributed by atoms with E-state index in [-0.39, 0.29) is 5.82 Å². The number of hydrogen-bond acceptors (Lipinski definition) is 2. The SMILES string of the molecule is CCN(CC)CCCCNC(=NC)NCCc1c[nH]c2ccc(F)cc12. The highest BCUT2D eigenvalue weighted by molar-refractivity contribution is 5.83. The molecule has 0 fully saturated rings. The van der Waals surface area contributed by atoms with Crippen LogP contribution in [0.5, 0.6) is 0 Å². The van der Waals surface area contributed by atoms with E-state index in [0.717, 1.165) is 68.0 Å². The summed E-state index contributed by atoms with van der Waals surface area (Å²) in [5, 5.41) is 7.64. The van der Waals surface area contributed by atoms with Crippen molar-refractivity contribution in [1.82, 2.24) is 20.5 Å². The number of guanidine groups is 1. The number of aromatic amines is 1. The third-order valence-corrected chi connectivity index (χ3v) is 4.73. The van der Waals surface area contributed by atoms with Gasteiger partial charge in [0.25, 0.3) is 0 Å². The van der Waals surface area contributed by atoms with Gasteiger partial charge in [-0.1, -0.05) is 13.8 Å². The number of hydrogen-bond donors (Lipinski definition) is 3. The van der Waals surface area contributed by atoms with Crippen LogP contribution in [0, 0.1) is 5.82 Å². The molecule has 0 unspecified atom stereocenters. The molecule has 0 saturated heterocycles. The molecule has 3 N–H and O–H groups in total. The number of fused-ring (bicyclic) bond motifs is 1. The van der Waals surface area contributed by atoms with Gasteiger partial charge in [0, 0.05) is 37.2 Å². The van der Waals surface area contributed by atoms with E-state index in [4.69, 9.17) is 0 Å². The molecule has 0 aliphatic carbocycles. The molecule has 5 nitrogen and oxygen atoms in total. The van der Waals surface area contributed by atoms with E-state index >= 15 is 0 Å². The maximum atomic E-state index is 13.4. The van der Waals surface area contributed by atoms with Crippen LogP contribution in [0.25, 0.3) is 10.9 Å². The number of nitrogens with zero attached hydrogens (tertiary/aromatic N) is 2. The van der Waals surface area contributed by atoms with Gasteiger partial charge in [0.2, 0.25) is 0 Å². The first-order chi connectivity index (χ1) is 12.7. The first kappa shape index (κ1) is 20.2. The molecule has 2 rings (SSSR count). The molecule has 0 aliphatic heterocycles. The second-order valence-electron chi connectivity index (χ2n) is 6.41. The summed E-state index contributed by atoms with van der Waals surface area (Å²) in [4.78, 5) is 9.90. The summed E-state index contributed by atoms with van der Waals surface area (Å²) >= 11 is 0. The van der Waals surface area contributed by atoms with Gasteiger partial charge in [-0.25, -0.2) is 4.39 Å². The maximum absolute atomic E-state index is 13.4. The van der Waals surface area contributed by atoms with Crippen LogP contribution >= 0.6 is 0 Å². The van der Waals surface area contributed by atoms with E-state index in [1.54, 1.807) is 19.2 Å². The van der Waals surface area contributed by atoms with Gasteiger partial charge in [-0.3, -0.25) is 4.99 Å². The molecular formula is C20H32FN5. The molecule has 0 radical (unpaired) electrons. The van der Waals surface area contributed by atoms with Crippen LogP contribution in [0.2, 0.25) is 0 Å². The first-order valence-corrected chi connectivity index (χ1v) is 9.60. The lowest BCUT2D eigenvalue weighted by Crippen LogP contribution is -2.38. The molecular weight excluding hydrogens is 329 g/mol. The Kier molecular flexibility index (Phi) is 8.41. The van der Waals surface area contributed by atoms with Crippen molar-refractivity contribution in [2.24, 2.45) is 4.99 Å².